The van der Waals surface area contributed by atoms with E-state index in [-0.39, 0.29) is 11.8 Å². The van der Waals surface area contributed by atoms with E-state index >= 15 is 0 Å². The minimum atomic E-state index is -0.825. The molecule has 0 spiro atoms. The van der Waals surface area contributed by atoms with Crippen LogP contribution in [0.25, 0.3) is 21.9 Å². The van der Waals surface area contributed by atoms with Crippen molar-refractivity contribution in [2.75, 3.05) is 5.32 Å². The molecule has 0 unspecified atom stereocenters. The maximum atomic E-state index is 12.8. The second kappa shape index (κ2) is 7.66. The summed E-state index contributed by atoms with van der Waals surface area (Å²) < 4.78 is 6.27. The fourth-order valence-corrected chi connectivity index (χ4v) is 3.49. The summed E-state index contributed by atoms with van der Waals surface area (Å²) in [5.74, 6) is -0.803. The number of amides is 1. The molecule has 0 bridgehead atoms. The van der Waals surface area contributed by atoms with Crippen molar-refractivity contribution in [1.29, 1.82) is 0 Å². The van der Waals surface area contributed by atoms with Gasteiger partial charge in [0.1, 0.15) is 6.04 Å². The van der Waals surface area contributed by atoms with Gasteiger partial charge in [-0.25, -0.2) is 4.79 Å². The van der Waals surface area contributed by atoms with E-state index in [9.17, 15) is 9.59 Å². The van der Waals surface area contributed by atoms with Crippen molar-refractivity contribution in [2.45, 2.75) is 13.0 Å². The Morgan fingerprint density at radius 1 is 1.07 bits per heavy atom. The van der Waals surface area contributed by atoms with Gasteiger partial charge < -0.3 is 9.73 Å². The van der Waals surface area contributed by atoms with Crippen LogP contribution in [0.5, 0.6) is 0 Å². The second-order valence-electron chi connectivity index (χ2n) is 6.17. The summed E-state index contributed by atoms with van der Waals surface area (Å²) in [5, 5.41) is 8.95. The predicted octanol–water partition coefficient (Wildman–Crippen LogP) is 4.43. The van der Waals surface area contributed by atoms with Crippen LogP contribution in [0.1, 0.15) is 13.0 Å². The molecule has 4 rings (SSSR count). The van der Waals surface area contributed by atoms with E-state index in [0.717, 1.165) is 20.7 Å². The Hall–Kier alpha value is -3.45. The third-order valence-corrected chi connectivity index (χ3v) is 5.18. The number of carbonyl (C=O) groups excluding carboxylic acids is 1. The van der Waals surface area contributed by atoms with E-state index in [1.807, 2.05) is 66.0 Å². The number of anilines is 1. The lowest BCUT2D eigenvalue weighted by Crippen LogP contribution is -2.30. The molecule has 1 atom stereocenters. The largest absolute Gasteiger partial charge is 0.438 e. The summed E-state index contributed by atoms with van der Waals surface area (Å²) in [7, 11) is 0. The molecule has 2 heterocycles. The van der Waals surface area contributed by atoms with Crippen LogP contribution in [0.4, 0.5) is 5.69 Å². The molecule has 1 N–H and O–H groups in total. The zero-order valence-electron chi connectivity index (χ0n) is 15.0. The average molecular weight is 391 g/mol. The van der Waals surface area contributed by atoms with E-state index in [4.69, 9.17) is 4.42 Å². The van der Waals surface area contributed by atoms with Crippen LogP contribution in [-0.2, 0) is 4.79 Å². The first-order valence-electron chi connectivity index (χ1n) is 8.72. The number of hydrogen-bond acceptors (Lipinski definition) is 5. The summed E-state index contributed by atoms with van der Waals surface area (Å²) in [6, 6.07) is 20.1. The molecule has 4 aromatic rings. The number of hydrogen-bond donors (Lipinski definition) is 1. The highest BCUT2D eigenvalue weighted by Gasteiger charge is 2.22. The molecular weight excluding hydrogens is 374 g/mol. The Morgan fingerprint density at radius 2 is 1.82 bits per heavy atom. The molecule has 140 valence electrons. The summed E-state index contributed by atoms with van der Waals surface area (Å²) in [6.07, 6.45) is 0. The van der Waals surface area contributed by atoms with E-state index in [0.29, 0.717) is 5.69 Å². The lowest BCUT2D eigenvalue weighted by atomic mass is 10.0. The van der Waals surface area contributed by atoms with E-state index in [1.165, 1.54) is 11.3 Å². The van der Waals surface area contributed by atoms with Crippen molar-refractivity contribution in [2.24, 2.45) is 0 Å². The molecule has 6 nitrogen and oxygen atoms in total. The van der Waals surface area contributed by atoms with E-state index in [2.05, 4.69) is 10.4 Å². The van der Waals surface area contributed by atoms with Gasteiger partial charge in [0, 0.05) is 11.3 Å². The zero-order valence-corrected chi connectivity index (χ0v) is 15.8. The number of thiophene rings is 1. The fourth-order valence-electron chi connectivity index (χ4n) is 2.84. The predicted molar refractivity (Wildman–Crippen MR) is 109 cm³/mol. The number of carbonyl (C=O) groups is 1. The number of nitrogens with one attached hydrogen (secondary N) is 1. The van der Waals surface area contributed by atoms with Crippen molar-refractivity contribution in [3.8, 4) is 21.9 Å². The van der Waals surface area contributed by atoms with Crippen LogP contribution >= 0.6 is 11.3 Å². The van der Waals surface area contributed by atoms with Gasteiger partial charge in [0.05, 0.1) is 4.88 Å². The summed E-state index contributed by atoms with van der Waals surface area (Å²) in [5.41, 5.74) is 2.56. The van der Waals surface area contributed by atoms with Crippen LogP contribution in [-0.4, -0.2) is 15.7 Å². The third-order valence-electron chi connectivity index (χ3n) is 4.32. The monoisotopic (exact) mass is 391 g/mol. The van der Waals surface area contributed by atoms with Gasteiger partial charge in [-0.2, -0.15) is 4.68 Å². The highest BCUT2D eigenvalue weighted by molar-refractivity contribution is 7.13. The minimum absolute atomic E-state index is 0.212. The molecule has 0 aliphatic heterocycles. The van der Waals surface area contributed by atoms with Crippen molar-refractivity contribution < 1.29 is 9.21 Å². The first-order valence-corrected chi connectivity index (χ1v) is 9.60. The van der Waals surface area contributed by atoms with Crippen LogP contribution in [0.3, 0.4) is 0 Å². The van der Waals surface area contributed by atoms with Gasteiger partial charge in [0.2, 0.25) is 5.91 Å². The van der Waals surface area contributed by atoms with Gasteiger partial charge in [0.25, 0.3) is 5.89 Å². The van der Waals surface area contributed by atoms with Crippen LogP contribution in [0, 0.1) is 0 Å². The summed E-state index contributed by atoms with van der Waals surface area (Å²) in [4.78, 5) is 25.7. The van der Waals surface area contributed by atoms with Crippen molar-refractivity contribution in [1.82, 2.24) is 9.78 Å². The lowest BCUT2D eigenvalue weighted by molar-refractivity contribution is -0.119. The highest BCUT2D eigenvalue weighted by atomic mass is 32.1. The van der Waals surface area contributed by atoms with Gasteiger partial charge in [-0.3, -0.25) is 4.79 Å². The number of nitrogens with zero attached hydrogens (tertiary/aromatic N) is 2. The molecule has 0 saturated heterocycles. The zero-order chi connectivity index (χ0) is 19.5. The van der Waals surface area contributed by atoms with E-state index in [1.54, 1.807) is 13.0 Å². The maximum absolute atomic E-state index is 12.8. The van der Waals surface area contributed by atoms with Gasteiger partial charge >= 0.3 is 5.76 Å². The van der Waals surface area contributed by atoms with Crippen LogP contribution < -0.4 is 11.1 Å². The van der Waals surface area contributed by atoms with Crippen molar-refractivity contribution in [3.63, 3.8) is 0 Å². The molecular formula is C21H17N3O3S. The standard InChI is InChI=1S/C21H17N3O3S/c1-14(24-21(26)27-20(23-24)18-12-7-13-28-18)19(25)22-17-11-6-5-10-16(17)15-8-3-2-4-9-15/h2-14H,1H3,(H,22,25)/t14-/m1/s1. The molecule has 28 heavy (non-hydrogen) atoms. The van der Waals surface area contributed by atoms with Crippen LogP contribution in [0.15, 0.2) is 81.3 Å². The molecule has 0 aliphatic carbocycles. The number of para-hydroxylation sites is 1. The molecule has 0 fully saturated rings. The smallest absolute Gasteiger partial charge is 0.387 e. The molecule has 2 aromatic heterocycles. The number of benzene rings is 2. The highest BCUT2D eigenvalue weighted by Crippen LogP contribution is 2.28. The first-order chi connectivity index (χ1) is 13.6. The lowest BCUT2D eigenvalue weighted by Gasteiger charge is -2.14. The van der Waals surface area contributed by atoms with E-state index < -0.39 is 11.8 Å². The fraction of sp³-hybridized carbons (Fsp3) is 0.0952. The summed E-state index contributed by atoms with van der Waals surface area (Å²) >= 11 is 1.41. The van der Waals surface area contributed by atoms with Gasteiger partial charge in [-0.1, -0.05) is 54.6 Å². The Bertz CT molecular complexity index is 1150. The minimum Gasteiger partial charge on any atom is -0.387 e. The molecule has 1 amide bonds. The first kappa shape index (κ1) is 17.9. The normalized spacial score (nSPS) is 11.9. The van der Waals surface area contributed by atoms with Crippen molar-refractivity contribution in [3.05, 3.63) is 82.7 Å². The maximum Gasteiger partial charge on any atom is 0.438 e. The number of rotatable bonds is 5. The topological polar surface area (TPSA) is 77.1 Å². The molecule has 0 saturated carbocycles. The Labute approximate surface area is 165 Å². The SMILES string of the molecule is C[C@H](C(=O)Nc1ccccc1-c1ccccc1)n1nc(-c2cccs2)oc1=O. The van der Waals surface area contributed by atoms with Gasteiger partial charge in [-0.05, 0) is 30.0 Å². The van der Waals surface area contributed by atoms with Gasteiger partial charge in [0.15, 0.2) is 0 Å². The number of aromatic nitrogens is 2. The Balaban J connectivity index is 1.59. The quantitative estimate of drug-likeness (QED) is 0.546. The average Bonchev–Trinajstić information content (AvgIpc) is 3.38. The molecule has 2 aromatic carbocycles. The Morgan fingerprint density at radius 3 is 2.57 bits per heavy atom. The molecule has 0 aliphatic rings. The second-order valence-corrected chi connectivity index (χ2v) is 7.12. The van der Waals surface area contributed by atoms with Crippen LogP contribution in [0.2, 0.25) is 0 Å². The van der Waals surface area contributed by atoms with Crippen molar-refractivity contribution >= 4 is 22.9 Å². The third kappa shape index (κ3) is 3.52. The summed E-state index contributed by atoms with van der Waals surface area (Å²) in [6.45, 7) is 1.61. The van der Waals surface area contributed by atoms with Gasteiger partial charge in [-0.15, -0.1) is 16.4 Å². The molecule has 0 radical (unpaired) electrons. The molecule has 7 heteroatoms. The Kier molecular flexibility index (Phi) is 4.90.